The summed E-state index contributed by atoms with van der Waals surface area (Å²) in [6.45, 7) is 1.88. The number of anilines is 1. The number of nitrogens with two attached hydrogens (primary N) is 1. The summed E-state index contributed by atoms with van der Waals surface area (Å²) in [5.74, 6) is 6.03. The number of nitrogen functional groups attached to an aromatic ring is 1. The first-order valence-corrected chi connectivity index (χ1v) is 5.99. The number of phenols is 1. The molecule has 0 aliphatic carbocycles. The zero-order valence-electron chi connectivity index (χ0n) is 11.1. The van der Waals surface area contributed by atoms with E-state index in [0.717, 1.165) is 0 Å². The summed E-state index contributed by atoms with van der Waals surface area (Å²) in [4.78, 5) is 10.0. The fourth-order valence-corrected chi connectivity index (χ4v) is 1.60. The molecule has 2 aromatic rings. The highest BCUT2D eigenvalue weighted by atomic mass is 16.6. The maximum absolute atomic E-state index is 10.7. The molecule has 2 rings (SSSR count). The molecule has 0 bridgehead atoms. The topological polar surface area (TPSA) is 144 Å². The molecule has 1 aromatic carbocycles. The number of para-hydroxylation sites is 1. The first kappa shape index (κ1) is 14.2. The third-order valence-electron chi connectivity index (χ3n) is 2.69. The number of aromatic nitrogens is 3. The van der Waals surface area contributed by atoms with Crippen LogP contribution in [-0.4, -0.2) is 31.1 Å². The number of hydrazone groups is 1. The summed E-state index contributed by atoms with van der Waals surface area (Å²) in [7, 11) is 0. The second kappa shape index (κ2) is 5.86. The zero-order chi connectivity index (χ0) is 15.4. The highest BCUT2D eigenvalue weighted by Gasteiger charge is 2.15. The van der Waals surface area contributed by atoms with E-state index >= 15 is 0 Å². The Morgan fingerprint density at radius 1 is 1.57 bits per heavy atom. The highest BCUT2D eigenvalue weighted by molar-refractivity contribution is 5.85. The number of hydrogen-bond donors (Lipinski definition) is 3. The third-order valence-corrected chi connectivity index (χ3v) is 2.69. The number of aryl methyl sites for hydroxylation is 1. The molecule has 0 saturated carbocycles. The van der Waals surface area contributed by atoms with E-state index in [-0.39, 0.29) is 11.5 Å². The second-order valence-electron chi connectivity index (χ2n) is 4.01. The van der Waals surface area contributed by atoms with Crippen LogP contribution in [0.1, 0.15) is 18.3 Å². The second-order valence-corrected chi connectivity index (χ2v) is 4.01. The SMILES string of the molecule is CCc1nnc(N/N=C\c2cccc([N+](=O)[O-])c2O)n1N. The molecule has 21 heavy (non-hydrogen) atoms. The van der Waals surface area contributed by atoms with Crippen LogP contribution in [0, 0.1) is 10.1 Å². The van der Waals surface area contributed by atoms with E-state index in [9.17, 15) is 15.2 Å². The summed E-state index contributed by atoms with van der Waals surface area (Å²) in [6.07, 6.45) is 1.84. The molecule has 0 radical (unpaired) electrons. The van der Waals surface area contributed by atoms with Crippen molar-refractivity contribution in [1.82, 2.24) is 14.9 Å². The predicted molar refractivity (Wildman–Crippen MR) is 75.5 cm³/mol. The average Bonchev–Trinajstić information content (AvgIpc) is 2.81. The Kier molecular flexibility index (Phi) is 3.97. The van der Waals surface area contributed by atoms with Crippen molar-refractivity contribution in [3.8, 4) is 5.75 Å². The lowest BCUT2D eigenvalue weighted by Crippen LogP contribution is -2.14. The minimum atomic E-state index is -0.676. The fraction of sp³-hybridized carbons (Fsp3) is 0.182. The van der Waals surface area contributed by atoms with E-state index in [1.807, 2.05) is 6.92 Å². The highest BCUT2D eigenvalue weighted by Crippen LogP contribution is 2.27. The van der Waals surface area contributed by atoms with Crippen LogP contribution in [0.4, 0.5) is 11.6 Å². The van der Waals surface area contributed by atoms with Gasteiger partial charge in [-0.15, -0.1) is 10.2 Å². The molecule has 0 spiro atoms. The Bertz CT molecular complexity index is 695. The van der Waals surface area contributed by atoms with Gasteiger partial charge >= 0.3 is 5.69 Å². The van der Waals surface area contributed by atoms with E-state index in [4.69, 9.17) is 5.84 Å². The molecule has 0 saturated heterocycles. The van der Waals surface area contributed by atoms with Gasteiger partial charge in [0.05, 0.1) is 11.1 Å². The number of benzene rings is 1. The van der Waals surface area contributed by atoms with E-state index in [1.165, 1.54) is 29.1 Å². The van der Waals surface area contributed by atoms with Gasteiger partial charge < -0.3 is 10.9 Å². The van der Waals surface area contributed by atoms with Crippen molar-refractivity contribution in [2.45, 2.75) is 13.3 Å². The van der Waals surface area contributed by atoms with E-state index in [0.29, 0.717) is 12.2 Å². The van der Waals surface area contributed by atoms with Crippen LogP contribution in [0.5, 0.6) is 5.75 Å². The summed E-state index contributed by atoms with van der Waals surface area (Å²) >= 11 is 0. The van der Waals surface area contributed by atoms with Crippen molar-refractivity contribution in [3.05, 3.63) is 39.7 Å². The van der Waals surface area contributed by atoms with Gasteiger partial charge in [0, 0.05) is 18.1 Å². The molecule has 0 unspecified atom stereocenters. The van der Waals surface area contributed by atoms with Crippen LogP contribution in [0.3, 0.4) is 0 Å². The number of aromatic hydroxyl groups is 1. The Morgan fingerprint density at radius 2 is 2.33 bits per heavy atom. The number of rotatable bonds is 5. The van der Waals surface area contributed by atoms with Gasteiger partial charge in [-0.2, -0.15) is 5.10 Å². The quantitative estimate of drug-likeness (QED) is 0.317. The first-order chi connectivity index (χ1) is 10.0. The Labute approximate surface area is 119 Å². The number of hydrogen-bond acceptors (Lipinski definition) is 8. The molecule has 1 aromatic heterocycles. The van der Waals surface area contributed by atoms with Gasteiger partial charge in [-0.3, -0.25) is 10.1 Å². The first-order valence-electron chi connectivity index (χ1n) is 5.99. The number of nitro groups is 1. The molecular weight excluding hydrogens is 278 g/mol. The normalized spacial score (nSPS) is 10.9. The Hall–Kier alpha value is -3.17. The van der Waals surface area contributed by atoms with Crippen molar-refractivity contribution in [3.63, 3.8) is 0 Å². The largest absolute Gasteiger partial charge is 0.502 e. The number of phenolic OH excluding ortho intramolecular Hbond substituents is 1. The lowest BCUT2D eigenvalue weighted by atomic mass is 10.2. The summed E-state index contributed by atoms with van der Waals surface area (Å²) < 4.78 is 1.24. The van der Waals surface area contributed by atoms with Crippen LogP contribution in [0.25, 0.3) is 0 Å². The summed E-state index contributed by atoms with van der Waals surface area (Å²) in [5, 5.41) is 31.9. The summed E-state index contributed by atoms with van der Waals surface area (Å²) in [5.41, 5.74) is 2.34. The Balaban J connectivity index is 2.16. The molecule has 4 N–H and O–H groups in total. The van der Waals surface area contributed by atoms with Crippen LogP contribution in [-0.2, 0) is 6.42 Å². The van der Waals surface area contributed by atoms with E-state index in [2.05, 4.69) is 20.7 Å². The maximum Gasteiger partial charge on any atom is 0.311 e. The number of nitrogens with zero attached hydrogens (tertiary/aromatic N) is 5. The monoisotopic (exact) mass is 291 g/mol. The number of nitrogens with one attached hydrogen (secondary N) is 1. The smallest absolute Gasteiger partial charge is 0.311 e. The molecule has 0 amide bonds. The van der Waals surface area contributed by atoms with Gasteiger partial charge in [-0.05, 0) is 6.07 Å². The molecule has 0 aliphatic heterocycles. The van der Waals surface area contributed by atoms with Gasteiger partial charge in [0.1, 0.15) is 0 Å². The maximum atomic E-state index is 10.7. The van der Waals surface area contributed by atoms with Crippen molar-refractivity contribution in [2.75, 3.05) is 11.3 Å². The lowest BCUT2D eigenvalue weighted by molar-refractivity contribution is -0.385. The Morgan fingerprint density at radius 3 is 2.95 bits per heavy atom. The molecule has 0 fully saturated rings. The zero-order valence-corrected chi connectivity index (χ0v) is 11.1. The van der Waals surface area contributed by atoms with Crippen LogP contribution in [0.15, 0.2) is 23.3 Å². The standard InChI is InChI=1S/C11H13N7O3/c1-2-9-14-16-11(17(9)12)15-13-6-7-4-3-5-8(10(7)19)18(20)21/h3-6,19H,2,12H2,1H3,(H,15,16)/b13-6-. The molecule has 10 nitrogen and oxygen atoms in total. The van der Waals surface area contributed by atoms with Crippen molar-refractivity contribution < 1.29 is 10.0 Å². The molecule has 0 atom stereocenters. The van der Waals surface area contributed by atoms with Crippen LogP contribution >= 0.6 is 0 Å². The fourth-order valence-electron chi connectivity index (χ4n) is 1.60. The molecule has 1 heterocycles. The van der Waals surface area contributed by atoms with E-state index < -0.39 is 16.4 Å². The molecule has 0 aliphatic rings. The van der Waals surface area contributed by atoms with Crippen molar-refractivity contribution in [2.24, 2.45) is 5.10 Å². The van der Waals surface area contributed by atoms with Crippen molar-refractivity contribution in [1.29, 1.82) is 0 Å². The van der Waals surface area contributed by atoms with Gasteiger partial charge in [0.15, 0.2) is 5.82 Å². The number of nitro benzene ring substituents is 1. The van der Waals surface area contributed by atoms with E-state index in [1.54, 1.807) is 0 Å². The predicted octanol–water partition coefficient (Wildman–Crippen LogP) is 0.614. The lowest BCUT2D eigenvalue weighted by Gasteiger charge is -2.01. The van der Waals surface area contributed by atoms with Gasteiger partial charge in [0.25, 0.3) is 5.95 Å². The average molecular weight is 291 g/mol. The van der Waals surface area contributed by atoms with Gasteiger partial charge in [-0.25, -0.2) is 10.1 Å². The molecule has 10 heteroatoms. The third kappa shape index (κ3) is 2.88. The summed E-state index contributed by atoms with van der Waals surface area (Å²) in [6, 6.07) is 4.13. The minimum absolute atomic E-state index is 0.190. The van der Waals surface area contributed by atoms with Crippen LogP contribution < -0.4 is 11.3 Å². The molecular formula is C11H13N7O3. The van der Waals surface area contributed by atoms with Gasteiger partial charge in [-0.1, -0.05) is 13.0 Å². The minimum Gasteiger partial charge on any atom is -0.502 e. The van der Waals surface area contributed by atoms with Gasteiger partial charge in [0.2, 0.25) is 5.75 Å². The van der Waals surface area contributed by atoms with Crippen molar-refractivity contribution >= 4 is 17.9 Å². The van der Waals surface area contributed by atoms with Crippen LogP contribution in [0.2, 0.25) is 0 Å². The molecule has 110 valence electrons.